The van der Waals surface area contributed by atoms with Gasteiger partial charge >= 0.3 is 0 Å². The van der Waals surface area contributed by atoms with Crippen molar-refractivity contribution < 1.29 is 15.3 Å². The number of aliphatic hydroxyl groups excluding tert-OH is 3. The first-order chi connectivity index (χ1) is 8.41. The van der Waals surface area contributed by atoms with E-state index in [0.29, 0.717) is 17.2 Å². The van der Waals surface area contributed by atoms with Gasteiger partial charge in [-0.2, -0.15) is 0 Å². The van der Waals surface area contributed by atoms with Gasteiger partial charge in [0.2, 0.25) is 0 Å². The summed E-state index contributed by atoms with van der Waals surface area (Å²) in [4.78, 5) is 0.356. The molecular formula is C14H25BrO3. The molecule has 1 fully saturated rings. The summed E-state index contributed by atoms with van der Waals surface area (Å²) >= 11 is 3.57. The molecule has 0 aromatic rings. The minimum Gasteiger partial charge on any atom is -0.393 e. The quantitative estimate of drug-likeness (QED) is 0.519. The summed E-state index contributed by atoms with van der Waals surface area (Å²) in [5.41, 5.74) is 0. The van der Waals surface area contributed by atoms with E-state index in [9.17, 15) is 10.2 Å². The minimum absolute atomic E-state index is 0.126. The second-order valence-electron chi connectivity index (χ2n) is 5.49. The molecule has 0 aromatic heterocycles. The van der Waals surface area contributed by atoms with Crippen molar-refractivity contribution >= 4 is 15.9 Å². The van der Waals surface area contributed by atoms with Gasteiger partial charge in [0.1, 0.15) is 0 Å². The molecule has 0 bridgehead atoms. The Morgan fingerprint density at radius 2 is 2.00 bits per heavy atom. The summed E-state index contributed by atoms with van der Waals surface area (Å²) in [6.45, 7) is 3.87. The first-order valence-corrected chi connectivity index (χ1v) is 7.70. The molecule has 18 heavy (non-hydrogen) atoms. The third-order valence-electron chi connectivity index (χ3n) is 3.77. The van der Waals surface area contributed by atoms with Gasteiger partial charge in [0.25, 0.3) is 0 Å². The van der Waals surface area contributed by atoms with Crippen LogP contribution < -0.4 is 0 Å². The third-order valence-corrected chi connectivity index (χ3v) is 4.97. The van der Waals surface area contributed by atoms with Crippen molar-refractivity contribution in [1.82, 2.24) is 0 Å². The van der Waals surface area contributed by atoms with E-state index in [2.05, 4.69) is 22.9 Å². The monoisotopic (exact) mass is 320 g/mol. The summed E-state index contributed by atoms with van der Waals surface area (Å²) < 4.78 is 0. The van der Waals surface area contributed by atoms with Gasteiger partial charge in [0, 0.05) is 10.7 Å². The molecular weight excluding hydrogens is 296 g/mol. The van der Waals surface area contributed by atoms with Crippen molar-refractivity contribution in [3.8, 4) is 0 Å². The molecule has 0 amide bonds. The SMILES string of the molecule is C[C@@H]1[C@@H](/C=C/[C@@H](O)CCC[C@@H](C)O)[C@H](O)C[C@H]1Br. The van der Waals surface area contributed by atoms with Crippen molar-refractivity contribution in [1.29, 1.82) is 0 Å². The van der Waals surface area contributed by atoms with E-state index in [-0.39, 0.29) is 18.1 Å². The molecule has 1 aliphatic carbocycles. The Morgan fingerprint density at radius 1 is 1.33 bits per heavy atom. The molecule has 0 saturated heterocycles. The number of hydrogen-bond acceptors (Lipinski definition) is 3. The molecule has 1 rings (SSSR count). The molecule has 1 saturated carbocycles. The molecule has 0 spiro atoms. The van der Waals surface area contributed by atoms with Crippen LogP contribution in [0.15, 0.2) is 12.2 Å². The van der Waals surface area contributed by atoms with E-state index in [1.165, 1.54) is 0 Å². The Morgan fingerprint density at radius 3 is 2.50 bits per heavy atom. The Labute approximate surface area is 118 Å². The average molecular weight is 321 g/mol. The van der Waals surface area contributed by atoms with Crippen LogP contribution in [-0.4, -0.2) is 38.5 Å². The van der Waals surface area contributed by atoms with Crippen molar-refractivity contribution in [2.45, 2.75) is 62.7 Å². The summed E-state index contributed by atoms with van der Waals surface area (Å²) in [5.74, 6) is 0.515. The Kier molecular flexibility index (Phi) is 6.85. The highest BCUT2D eigenvalue weighted by molar-refractivity contribution is 9.09. The van der Waals surface area contributed by atoms with Gasteiger partial charge in [0.05, 0.1) is 18.3 Å². The van der Waals surface area contributed by atoms with E-state index in [0.717, 1.165) is 19.3 Å². The maximum atomic E-state index is 9.90. The third kappa shape index (κ3) is 5.00. The summed E-state index contributed by atoms with van der Waals surface area (Å²) in [5, 5.41) is 28.8. The van der Waals surface area contributed by atoms with Gasteiger partial charge in [-0.3, -0.25) is 0 Å². The average Bonchev–Trinajstić information content (AvgIpc) is 2.50. The van der Waals surface area contributed by atoms with Crippen molar-refractivity contribution in [3.05, 3.63) is 12.2 Å². The van der Waals surface area contributed by atoms with Crippen LogP contribution in [0.1, 0.15) is 39.5 Å². The number of halogens is 1. The topological polar surface area (TPSA) is 60.7 Å². The molecule has 0 aromatic carbocycles. The summed E-state index contributed by atoms with van der Waals surface area (Å²) in [7, 11) is 0. The second-order valence-corrected chi connectivity index (χ2v) is 6.66. The first kappa shape index (κ1) is 16.2. The number of rotatable bonds is 6. The zero-order chi connectivity index (χ0) is 13.7. The molecule has 1 aliphatic rings. The standard InChI is InChI=1S/C14H25BrO3/c1-9(16)4-3-5-11(17)6-7-12-10(2)13(15)8-14(12)18/h6-7,9-14,16-18H,3-5,8H2,1-2H3/b7-6+/t9-,10-,11+,12-,13-,14-/m1/s1. The number of aliphatic hydroxyl groups is 3. The minimum atomic E-state index is -0.475. The predicted molar refractivity (Wildman–Crippen MR) is 76.7 cm³/mol. The van der Waals surface area contributed by atoms with Crippen LogP contribution in [0.3, 0.4) is 0 Å². The normalized spacial score (nSPS) is 36.1. The second kappa shape index (κ2) is 7.63. The number of hydrogen-bond donors (Lipinski definition) is 3. The molecule has 0 radical (unpaired) electrons. The molecule has 3 nitrogen and oxygen atoms in total. The highest BCUT2D eigenvalue weighted by atomic mass is 79.9. The fourth-order valence-corrected chi connectivity index (χ4v) is 3.21. The van der Waals surface area contributed by atoms with Gasteiger partial charge in [-0.05, 0) is 38.5 Å². The van der Waals surface area contributed by atoms with E-state index in [1.807, 2.05) is 6.08 Å². The maximum Gasteiger partial charge on any atom is 0.0721 e. The van der Waals surface area contributed by atoms with Crippen LogP contribution in [0.4, 0.5) is 0 Å². The van der Waals surface area contributed by atoms with Crippen LogP contribution in [0, 0.1) is 11.8 Å². The lowest BCUT2D eigenvalue weighted by Crippen LogP contribution is -2.16. The Balaban J connectivity index is 2.34. The van der Waals surface area contributed by atoms with E-state index < -0.39 is 6.10 Å². The predicted octanol–water partition coefficient (Wildman–Crippen LogP) is 2.24. The van der Waals surface area contributed by atoms with E-state index in [1.54, 1.807) is 13.0 Å². The van der Waals surface area contributed by atoms with Crippen LogP contribution in [0.2, 0.25) is 0 Å². The Bertz CT molecular complexity index is 268. The number of alkyl halides is 1. The van der Waals surface area contributed by atoms with E-state index in [4.69, 9.17) is 5.11 Å². The van der Waals surface area contributed by atoms with Gasteiger partial charge in [-0.25, -0.2) is 0 Å². The molecule has 0 heterocycles. The fraction of sp³-hybridized carbons (Fsp3) is 0.857. The van der Waals surface area contributed by atoms with Gasteiger partial charge in [0.15, 0.2) is 0 Å². The van der Waals surface area contributed by atoms with Crippen molar-refractivity contribution in [3.63, 3.8) is 0 Å². The van der Waals surface area contributed by atoms with E-state index >= 15 is 0 Å². The van der Waals surface area contributed by atoms with Crippen LogP contribution >= 0.6 is 15.9 Å². The van der Waals surface area contributed by atoms with Crippen molar-refractivity contribution in [2.24, 2.45) is 11.8 Å². The van der Waals surface area contributed by atoms with Crippen LogP contribution in [-0.2, 0) is 0 Å². The molecule has 3 N–H and O–H groups in total. The molecule has 0 unspecified atom stereocenters. The largest absolute Gasteiger partial charge is 0.393 e. The molecule has 6 atom stereocenters. The molecule has 106 valence electrons. The van der Waals surface area contributed by atoms with Crippen LogP contribution in [0.5, 0.6) is 0 Å². The summed E-state index contributed by atoms with van der Waals surface area (Å²) in [6.07, 6.45) is 5.62. The summed E-state index contributed by atoms with van der Waals surface area (Å²) in [6, 6.07) is 0. The van der Waals surface area contributed by atoms with Gasteiger partial charge in [-0.1, -0.05) is 35.0 Å². The zero-order valence-corrected chi connectivity index (χ0v) is 12.8. The maximum absolute atomic E-state index is 9.90. The highest BCUT2D eigenvalue weighted by Crippen LogP contribution is 2.37. The fourth-order valence-electron chi connectivity index (χ4n) is 2.47. The molecule has 4 heteroatoms. The first-order valence-electron chi connectivity index (χ1n) is 6.78. The lowest BCUT2D eigenvalue weighted by molar-refractivity contribution is 0.142. The highest BCUT2D eigenvalue weighted by Gasteiger charge is 2.36. The lowest BCUT2D eigenvalue weighted by Gasteiger charge is -2.16. The lowest BCUT2D eigenvalue weighted by atomic mass is 9.95. The van der Waals surface area contributed by atoms with Crippen molar-refractivity contribution in [2.75, 3.05) is 0 Å². The Hall–Kier alpha value is 0.100. The molecule has 0 aliphatic heterocycles. The zero-order valence-electron chi connectivity index (χ0n) is 11.2. The smallest absolute Gasteiger partial charge is 0.0721 e. The van der Waals surface area contributed by atoms with Crippen LogP contribution in [0.25, 0.3) is 0 Å². The van der Waals surface area contributed by atoms with Gasteiger partial charge < -0.3 is 15.3 Å². The van der Waals surface area contributed by atoms with Gasteiger partial charge in [-0.15, -0.1) is 0 Å².